The summed E-state index contributed by atoms with van der Waals surface area (Å²) < 4.78 is 8.04. The molecule has 5 rings (SSSR count). The summed E-state index contributed by atoms with van der Waals surface area (Å²) in [6, 6.07) is 22.2. The molecule has 0 bridgehead atoms. The molecule has 0 unspecified atom stereocenters. The highest BCUT2D eigenvalue weighted by molar-refractivity contribution is 7.80. The first-order valence-corrected chi connectivity index (χ1v) is 14.2. The van der Waals surface area contributed by atoms with E-state index >= 15 is 0 Å². The zero-order valence-electron chi connectivity index (χ0n) is 24.6. The number of pyridine rings is 1. The number of rotatable bonds is 6. The number of hydrogen-bond donors (Lipinski definition) is 2. The van der Waals surface area contributed by atoms with Crippen LogP contribution in [0.4, 0.5) is 11.4 Å². The summed E-state index contributed by atoms with van der Waals surface area (Å²) in [5, 5.41) is 7.15. The largest absolute Gasteiger partial charge is 0.494 e. The summed E-state index contributed by atoms with van der Waals surface area (Å²) in [5.74, 6) is 0.478. The number of methoxy groups -OCH3 is 1. The van der Waals surface area contributed by atoms with E-state index in [-0.39, 0.29) is 18.0 Å². The Hall–Kier alpha value is -4.17. The molecule has 0 spiro atoms. The molecule has 1 amide bonds. The molecule has 8 heteroatoms. The lowest BCUT2D eigenvalue weighted by Crippen LogP contribution is -2.30. The van der Waals surface area contributed by atoms with E-state index in [0.29, 0.717) is 16.5 Å². The zero-order valence-corrected chi connectivity index (χ0v) is 25.5. The van der Waals surface area contributed by atoms with E-state index in [1.54, 1.807) is 7.11 Å². The minimum Gasteiger partial charge on any atom is -0.494 e. The molecule has 2 aromatic carbocycles. The number of anilines is 2. The molecule has 1 aliphatic rings. The molecule has 0 saturated carbocycles. The quantitative estimate of drug-likeness (QED) is 0.245. The van der Waals surface area contributed by atoms with Crippen LogP contribution in [0.15, 0.2) is 72.9 Å². The topological polar surface area (TPSA) is 71.4 Å². The van der Waals surface area contributed by atoms with E-state index < -0.39 is 5.41 Å². The number of amides is 1. The molecule has 0 aliphatic carbocycles. The summed E-state index contributed by atoms with van der Waals surface area (Å²) in [7, 11) is 1.61. The van der Waals surface area contributed by atoms with Crippen molar-refractivity contribution in [2.45, 2.75) is 53.6 Å². The van der Waals surface area contributed by atoms with Crippen LogP contribution in [0.5, 0.6) is 5.75 Å². The first kappa shape index (κ1) is 28.4. The van der Waals surface area contributed by atoms with Gasteiger partial charge in [0, 0.05) is 40.4 Å². The Kier molecular flexibility index (Phi) is 7.62. The van der Waals surface area contributed by atoms with Gasteiger partial charge in [-0.25, -0.2) is 0 Å². The fourth-order valence-electron chi connectivity index (χ4n) is 5.44. The van der Waals surface area contributed by atoms with Crippen LogP contribution in [0.3, 0.4) is 0 Å². The molecule has 0 radical (unpaired) electrons. The van der Waals surface area contributed by atoms with Gasteiger partial charge >= 0.3 is 0 Å². The van der Waals surface area contributed by atoms with Crippen LogP contribution in [-0.2, 0) is 4.79 Å². The lowest BCUT2D eigenvalue weighted by molar-refractivity contribution is -0.123. The standard InChI is InChI=1S/C33H37N5O2S/c1-20-11-10-12-23(17-20)37-21(2)18-25(22(37)3)30-29(27-13-8-9-16-34-27)36-32(41)38(30)24-14-15-26(28(19-24)40-7)35-31(39)33(4,5)6/h8-19,29-30H,1-7H3,(H,35,39)(H,36,41)/t29-,30-/m0/s1. The lowest BCUT2D eigenvalue weighted by atomic mass is 9.95. The zero-order chi connectivity index (χ0) is 29.5. The van der Waals surface area contributed by atoms with Gasteiger partial charge < -0.3 is 24.8 Å². The summed E-state index contributed by atoms with van der Waals surface area (Å²) in [6.45, 7) is 12.0. The SMILES string of the molecule is COc1cc(N2C(=S)N[C@@H](c3ccccn3)[C@@H]2c2cc(C)n(-c3cccc(C)c3)c2C)ccc1NC(=O)C(C)(C)C. The molecular formula is C33H37N5O2S. The van der Waals surface area contributed by atoms with Gasteiger partial charge in [0.05, 0.1) is 30.6 Å². The second kappa shape index (κ2) is 11.0. The number of carbonyl (C=O) groups excluding carboxylic acids is 1. The normalized spacial score (nSPS) is 17.0. The number of nitrogens with one attached hydrogen (secondary N) is 2. The second-order valence-electron chi connectivity index (χ2n) is 11.6. The minimum absolute atomic E-state index is 0.0846. The van der Waals surface area contributed by atoms with Crippen molar-refractivity contribution in [1.29, 1.82) is 0 Å². The van der Waals surface area contributed by atoms with Gasteiger partial charge in [-0.05, 0) is 86.6 Å². The van der Waals surface area contributed by atoms with Gasteiger partial charge in [-0.15, -0.1) is 0 Å². The Labute approximate surface area is 247 Å². The predicted molar refractivity (Wildman–Crippen MR) is 169 cm³/mol. The van der Waals surface area contributed by atoms with Crippen molar-refractivity contribution in [2.24, 2.45) is 5.41 Å². The van der Waals surface area contributed by atoms with Crippen molar-refractivity contribution in [1.82, 2.24) is 14.9 Å². The number of benzene rings is 2. The third kappa shape index (κ3) is 5.44. The lowest BCUT2D eigenvalue weighted by Gasteiger charge is -2.29. The molecule has 4 aromatic rings. The van der Waals surface area contributed by atoms with Crippen LogP contribution in [0.25, 0.3) is 5.69 Å². The summed E-state index contributed by atoms with van der Waals surface area (Å²) in [4.78, 5) is 19.6. The smallest absolute Gasteiger partial charge is 0.229 e. The van der Waals surface area contributed by atoms with Gasteiger partial charge in [-0.2, -0.15) is 0 Å². The van der Waals surface area contributed by atoms with Crippen molar-refractivity contribution in [3.05, 3.63) is 101 Å². The number of hydrogen-bond acceptors (Lipinski definition) is 4. The van der Waals surface area contributed by atoms with Gasteiger partial charge in [0.15, 0.2) is 5.11 Å². The van der Waals surface area contributed by atoms with Gasteiger partial charge in [-0.1, -0.05) is 39.0 Å². The number of carbonyl (C=O) groups is 1. The minimum atomic E-state index is -0.537. The van der Waals surface area contributed by atoms with Crippen molar-refractivity contribution in [3.8, 4) is 11.4 Å². The molecule has 2 N–H and O–H groups in total. The highest BCUT2D eigenvalue weighted by Crippen LogP contribution is 2.45. The van der Waals surface area contributed by atoms with E-state index in [4.69, 9.17) is 21.9 Å². The van der Waals surface area contributed by atoms with Crippen LogP contribution >= 0.6 is 12.2 Å². The molecule has 7 nitrogen and oxygen atoms in total. The Morgan fingerprint density at radius 1 is 1.00 bits per heavy atom. The van der Waals surface area contributed by atoms with Crippen molar-refractivity contribution >= 4 is 34.6 Å². The number of nitrogens with zero attached hydrogens (tertiary/aromatic N) is 3. The van der Waals surface area contributed by atoms with Gasteiger partial charge in [0.2, 0.25) is 5.91 Å². The van der Waals surface area contributed by atoms with Crippen LogP contribution in [-0.4, -0.2) is 27.7 Å². The number of ether oxygens (including phenoxy) is 1. The number of aryl methyl sites for hydroxylation is 2. The fraction of sp³-hybridized carbons (Fsp3) is 0.303. The molecule has 2 atom stereocenters. The second-order valence-corrected chi connectivity index (χ2v) is 12.0. The molecular weight excluding hydrogens is 530 g/mol. The summed E-state index contributed by atoms with van der Waals surface area (Å²) >= 11 is 5.97. The highest BCUT2D eigenvalue weighted by Gasteiger charge is 2.42. The highest BCUT2D eigenvalue weighted by atomic mass is 32.1. The van der Waals surface area contributed by atoms with E-state index in [0.717, 1.165) is 34.0 Å². The Morgan fingerprint density at radius 2 is 1.78 bits per heavy atom. The molecule has 1 saturated heterocycles. The average molecular weight is 568 g/mol. The predicted octanol–water partition coefficient (Wildman–Crippen LogP) is 6.97. The van der Waals surface area contributed by atoms with Crippen LogP contribution in [0, 0.1) is 26.2 Å². The van der Waals surface area contributed by atoms with Gasteiger partial charge in [-0.3, -0.25) is 9.78 Å². The van der Waals surface area contributed by atoms with Crippen molar-refractivity contribution in [2.75, 3.05) is 17.3 Å². The number of aromatic nitrogens is 2. The van der Waals surface area contributed by atoms with Gasteiger partial charge in [0.25, 0.3) is 0 Å². The maximum absolute atomic E-state index is 12.7. The fourth-order valence-corrected chi connectivity index (χ4v) is 5.79. The Morgan fingerprint density at radius 3 is 2.44 bits per heavy atom. The summed E-state index contributed by atoms with van der Waals surface area (Å²) in [5.41, 5.74) is 7.60. The van der Waals surface area contributed by atoms with Crippen LogP contribution in [0.1, 0.15) is 61.1 Å². The van der Waals surface area contributed by atoms with Crippen molar-refractivity contribution in [3.63, 3.8) is 0 Å². The number of thiocarbonyl (C=S) groups is 1. The Bertz CT molecular complexity index is 1610. The molecule has 212 valence electrons. The van der Waals surface area contributed by atoms with Gasteiger partial charge in [0.1, 0.15) is 5.75 Å². The maximum Gasteiger partial charge on any atom is 0.229 e. The molecule has 1 aliphatic heterocycles. The van der Waals surface area contributed by atoms with E-state index in [9.17, 15) is 4.79 Å². The van der Waals surface area contributed by atoms with Crippen LogP contribution in [0.2, 0.25) is 0 Å². The summed E-state index contributed by atoms with van der Waals surface area (Å²) in [6.07, 6.45) is 1.81. The average Bonchev–Trinajstić information content (AvgIpc) is 3.43. The van der Waals surface area contributed by atoms with Crippen LogP contribution < -0.4 is 20.3 Å². The van der Waals surface area contributed by atoms with Crippen molar-refractivity contribution < 1.29 is 9.53 Å². The third-order valence-corrected chi connectivity index (χ3v) is 7.85. The van der Waals surface area contributed by atoms with E-state index in [1.165, 1.54) is 5.56 Å². The molecule has 2 aromatic heterocycles. The van der Waals surface area contributed by atoms with E-state index in [1.807, 2.05) is 63.4 Å². The molecule has 3 heterocycles. The Balaban J connectivity index is 1.63. The molecule has 41 heavy (non-hydrogen) atoms. The monoisotopic (exact) mass is 567 g/mol. The maximum atomic E-state index is 12.7. The first-order valence-electron chi connectivity index (χ1n) is 13.8. The molecule has 1 fully saturated rings. The third-order valence-electron chi connectivity index (χ3n) is 7.54. The first-order chi connectivity index (χ1) is 19.5. The van der Waals surface area contributed by atoms with E-state index in [2.05, 4.69) is 71.2 Å².